The summed E-state index contributed by atoms with van der Waals surface area (Å²) < 4.78 is 0. The minimum Gasteiger partial charge on any atom is -0.288 e. The van der Waals surface area contributed by atoms with Gasteiger partial charge in [0, 0.05) is 24.1 Å². The lowest BCUT2D eigenvalue weighted by molar-refractivity contribution is -0.109. The number of para-hydroxylation sites is 1. The molecular weight excluding hydrogens is 230 g/mol. The van der Waals surface area contributed by atoms with Crippen LogP contribution in [0.25, 0.3) is 10.9 Å². The summed E-state index contributed by atoms with van der Waals surface area (Å²) in [6.45, 7) is 1.55. The van der Waals surface area contributed by atoms with Gasteiger partial charge < -0.3 is 0 Å². The van der Waals surface area contributed by atoms with Gasteiger partial charge in [-0.25, -0.2) is 0 Å². The number of hydrogen-bond donors (Lipinski definition) is 0. The number of nitrogens with zero attached hydrogens (tertiary/aromatic N) is 1. The van der Waals surface area contributed by atoms with Gasteiger partial charge in [-0.2, -0.15) is 0 Å². The van der Waals surface area contributed by atoms with E-state index in [2.05, 4.69) is 16.8 Å². The van der Waals surface area contributed by atoms with Gasteiger partial charge in [-0.15, -0.1) is 0 Å². The molecule has 84 valence electrons. The predicted octanol–water partition coefficient (Wildman–Crippen LogP) is 2.87. The van der Waals surface area contributed by atoms with Gasteiger partial charge in [-0.05, 0) is 12.1 Å². The maximum absolute atomic E-state index is 10.8. The topological polar surface area (TPSA) is 30.0 Å². The van der Waals surface area contributed by atoms with Crippen molar-refractivity contribution >= 4 is 27.8 Å². The lowest BCUT2D eigenvalue weighted by Crippen LogP contribution is -1.84. The van der Waals surface area contributed by atoms with E-state index in [0.29, 0.717) is 5.75 Å². The van der Waals surface area contributed by atoms with Crippen LogP contribution in [0.3, 0.4) is 0 Å². The Balaban J connectivity index is 2.26. The molecule has 0 aliphatic rings. The lowest BCUT2D eigenvalue weighted by Gasteiger charge is -1.98. The van der Waals surface area contributed by atoms with Crippen molar-refractivity contribution in [2.45, 2.75) is 6.92 Å². The molecule has 1 heterocycles. The summed E-state index contributed by atoms with van der Waals surface area (Å²) in [5.41, 5.74) is 1.90. The number of thioether (sulfide) groups is 1. The van der Waals surface area contributed by atoms with Crippen LogP contribution in [0.2, 0.25) is 0 Å². The summed E-state index contributed by atoms with van der Waals surface area (Å²) in [5, 5.41) is 1.15. The van der Waals surface area contributed by atoms with Crippen LogP contribution in [0.4, 0.5) is 0 Å². The summed E-state index contributed by atoms with van der Waals surface area (Å²) >= 11 is 1.23. The van der Waals surface area contributed by atoms with Crippen molar-refractivity contribution in [2.24, 2.45) is 0 Å². The van der Waals surface area contributed by atoms with E-state index in [1.54, 1.807) is 13.1 Å². The van der Waals surface area contributed by atoms with Crippen molar-refractivity contribution in [3.8, 4) is 11.8 Å². The number of pyridine rings is 1. The number of aromatic nitrogens is 1. The summed E-state index contributed by atoms with van der Waals surface area (Å²) in [7, 11) is 0. The monoisotopic (exact) mass is 241 g/mol. The maximum Gasteiger partial charge on any atom is 0.186 e. The smallest absolute Gasteiger partial charge is 0.186 e. The minimum atomic E-state index is 0.0962. The Hall–Kier alpha value is -1.79. The van der Waals surface area contributed by atoms with E-state index >= 15 is 0 Å². The highest BCUT2D eigenvalue weighted by Gasteiger charge is 1.97. The molecule has 0 saturated carbocycles. The molecule has 1 aromatic carbocycles. The highest BCUT2D eigenvalue weighted by atomic mass is 32.2. The molecular formula is C14H11NOS. The number of carbonyl (C=O) groups is 1. The largest absolute Gasteiger partial charge is 0.288 e. The van der Waals surface area contributed by atoms with E-state index < -0.39 is 0 Å². The zero-order valence-corrected chi connectivity index (χ0v) is 10.3. The molecule has 2 aromatic rings. The quantitative estimate of drug-likeness (QED) is 0.719. The number of benzene rings is 1. The van der Waals surface area contributed by atoms with Crippen molar-refractivity contribution in [3.05, 3.63) is 42.1 Å². The van der Waals surface area contributed by atoms with E-state index in [4.69, 9.17) is 0 Å². The number of carbonyl (C=O) groups excluding carboxylic acids is 1. The van der Waals surface area contributed by atoms with Gasteiger partial charge in [0.1, 0.15) is 0 Å². The van der Waals surface area contributed by atoms with Gasteiger partial charge in [0.25, 0.3) is 0 Å². The number of fused-ring (bicyclic) bond motifs is 1. The van der Waals surface area contributed by atoms with Crippen LogP contribution < -0.4 is 0 Å². The van der Waals surface area contributed by atoms with E-state index in [1.807, 2.05) is 30.3 Å². The molecule has 3 heteroatoms. The van der Waals surface area contributed by atoms with Crippen LogP contribution >= 0.6 is 11.8 Å². The average molecular weight is 241 g/mol. The second-order valence-corrected chi connectivity index (χ2v) is 4.61. The Kier molecular flexibility index (Phi) is 3.79. The standard InChI is InChI=1S/C14H11NOS/c1-11(16)17-10-4-5-12-8-9-15-14-7-3-2-6-13(12)14/h2-3,6-9H,10H2,1H3. The Morgan fingerprint density at radius 1 is 1.35 bits per heavy atom. The van der Waals surface area contributed by atoms with Gasteiger partial charge >= 0.3 is 0 Å². The van der Waals surface area contributed by atoms with Crippen LogP contribution in [0, 0.1) is 11.8 Å². The number of hydrogen-bond acceptors (Lipinski definition) is 3. The molecule has 0 unspecified atom stereocenters. The third-order valence-electron chi connectivity index (χ3n) is 2.22. The van der Waals surface area contributed by atoms with Gasteiger partial charge in [0.05, 0.1) is 11.3 Å². The van der Waals surface area contributed by atoms with Gasteiger partial charge in [-0.3, -0.25) is 9.78 Å². The third-order valence-corrected chi connectivity index (χ3v) is 2.91. The van der Waals surface area contributed by atoms with Crippen LogP contribution in [0.1, 0.15) is 12.5 Å². The van der Waals surface area contributed by atoms with Gasteiger partial charge in [0.15, 0.2) is 5.12 Å². The number of rotatable bonds is 1. The van der Waals surface area contributed by atoms with Crippen LogP contribution in [-0.4, -0.2) is 15.9 Å². The first-order chi connectivity index (χ1) is 8.27. The second kappa shape index (κ2) is 5.51. The summed E-state index contributed by atoms with van der Waals surface area (Å²) in [6.07, 6.45) is 1.75. The molecule has 0 saturated heterocycles. The zero-order chi connectivity index (χ0) is 12.1. The van der Waals surface area contributed by atoms with Crippen LogP contribution in [0.15, 0.2) is 36.5 Å². The third kappa shape index (κ3) is 3.08. The van der Waals surface area contributed by atoms with Crippen molar-refractivity contribution in [3.63, 3.8) is 0 Å². The van der Waals surface area contributed by atoms with Gasteiger partial charge in [0.2, 0.25) is 0 Å². The fourth-order valence-corrected chi connectivity index (χ4v) is 1.82. The molecule has 17 heavy (non-hydrogen) atoms. The SMILES string of the molecule is CC(=O)SCC#Cc1ccnc2ccccc12. The van der Waals surface area contributed by atoms with Crippen LogP contribution in [0.5, 0.6) is 0 Å². The maximum atomic E-state index is 10.8. The zero-order valence-electron chi connectivity index (χ0n) is 9.43. The Labute approximate surface area is 104 Å². The van der Waals surface area contributed by atoms with Crippen molar-refractivity contribution in [1.29, 1.82) is 0 Å². The molecule has 2 nitrogen and oxygen atoms in total. The molecule has 0 atom stereocenters. The molecule has 0 aliphatic heterocycles. The summed E-state index contributed by atoms with van der Waals surface area (Å²) in [6, 6.07) is 9.79. The predicted molar refractivity (Wildman–Crippen MR) is 71.8 cm³/mol. The van der Waals surface area contributed by atoms with Crippen molar-refractivity contribution in [1.82, 2.24) is 4.98 Å². The first-order valence-electron chi connectivity index (χ1n) is 5.23. The second-order valence-electron chi connectivity index (χ2n) is 3.46. The summed E-state index contributed by atoms with van der Waals surface area (Å²) in [5.74, 6) is 6.60. The molecule has 0 radical (unpaired) electrons. The average Bonchev–Trinajstić information content (AvgIpc) is 2.34. The van der Waals surface area contributed by atoms with Crippen molar-refractivity contribution < 1.29 is 4.79 Å². The molecule has 0 amide bonds. The fraction of sp³-hybridized carbons (Fsp3) is 0.143. The highest BCUT2D eigenvalue weighted by Crippen LogP contribution is 2.14. The summed E-state index contributed by atoms with van der Waals surface area (Å²) in [4.78, 5) is 15.0. The van der Waals surface area contributed by atoms with Crippen molar-refractivity contribution in [2.75, 3.05) is 5.75 Å². The molecule has 0 N–H and O–H groups in total. The van der Waals surface area contributed by atoms with Gasteiger partial charge in [-0.1, -0.05) is 41.8 Å². The Morgan fingerprint density at radius 3 is 3.00 bits per heavy atom. The normalized spacial score (nSPS) is 9.71. The molecule has 0 aliphatic carbocycles. The fourth-order valence-electron chi connectivity index (χ4n) is 1.47. The lowest BCUT2D eigenvalue weighted by atomic mass is 10.1. The van der Waals surface area contributed by atoms with E-state index in [-0.39, 0.29) is 5.12 Å². The van der Waals surface area contributed by atoms with E-state index in [0.717, 1.165) is 16.5 Å². The van der Waals surface area contributed by atoms with Crippen LogP contribution in [-0.2, 0) is 4.79 Å². The van der Waals surface area contributed by atoms with E-state index in [9.17, 15) is 4.79 Å². The Bertz CT molecular complexity index is 605. The molecule has 0 fully saturated rings. The molecule has 0 bridgehead atoms. The highest BCUT2D eigenvalue weighted by molar-refractivity contribution is 8.13. The Morgan fingerprint density at radius 2 is 2.18 bits per heavy atom. The molecule has 2 rings (SSSR count). The van der Waals surface area contributed by atoms with E-state index in [1.165, 1.54) is 11.8 Å². The molecule has 1 aromatic heterocycles. The molecule has 0 spiro atoms. The first kappa shape index (κ1) is 11.7. The minimum absolute atomic E-state index is 0.0962. The first-order valence-corrected chi connectivity index (χ1v) is 6.22.